The molecule has 1 fully saturated rings. The molecule has 1 amide bonds. The number of ether oxygens (including phenoxy) is 2. The van der Waals surface area contributed by atoms with Crippen molar-refractivity contribution >= 4 is 39.1 Å². The number of aromatic nitrogens is 1. The second-order valence-corrected chi connectivity index (χ2v) is 10.3. The third-order valence-electron chi connectivity index (χ3n) is 4.78. The first-order chi connectivity index (χ1) is 15.5. The van der Waals surface area contributed by atoms with E-state index < -0.39 is 24.0 Å². The molecule has 1 aliphatic heterocycles. The molecular weight excluding hydrogens is 512 g/mol. The first kappa shape index (κ1) is 27.2. The summed E-state index contributed by atoms with van der Waals surface area (Å²) in [7, 11) is 1.31. The molecule has 2 heterocycles. The zero-order valence-electron chi connectivity index (χ0n) is 19.5. The Morgan fingerprint density at radius 1 is 1.42 bits per heavy atom. The summed E-state index contributed by atoms with van der Waals surface area (Å²) in [5.74, 6) is -0.843. The van der Waals surface area contributed by atoms with Gasteiger partial charge in [0.25, 0.3) is 5.91 Å². The van der Waals surface area contributed by atoms with Crippen LogP contribution in [0.3, 0.4) is 0 Å². The van der Waals surface area contributed by atoms with Crippen molar-refractivity contribution in [3.8, 4) is 0 Å². The van der Waals surface area contributed by atoms with Gasteiger partial charge in [-0.3, -0.25) is 9.59 Å². The highest BCUT2D eigenvalue weighted by Gasteiger charge is 2.39. The molecule has 0 aliphatic carbocycles. The molecule has 1 saturated heterocycles. The number of nitrogens with zero attached hydrogens (tertiary/aromatic N) is 3. The maximum Gasteiger partial charge on any atom is 0.325 e. The van der Waals surface area contributed by atoms with Crippen molar-refractivity contribution in [2.45, 2.75) is 45.8 Å². The molecule has 0 radical (unpaired) electrons. The number of esters is 1. The molecule has 2 rings (SSSR count). The normalized spacial score (nSPS) is 19.2. The summed E-state index contributed by atoms with van der Waals surface area (Å²) in [6.45, 7) is 12.1. The molecule has 2 N–H and O–H groups in total. The molecule has 0 aromatic carbocycles. The molecule has 1 aliphatic rings. The van der Waals surface area contributed by atoms with Gasteiger partial charge in [0.1, 0.15) is 11.7 Å². The number of hydrogen-bond donors (Lipinski definition) is 2. The third kappa shape index (κ3) is 7.47. The zero-order chi connectivity index (χ0) is 24.8. The first-order valence-electron chi connectivity index (χ1n) is 10.4. The summed E-state index contributed by atoms with van der Waals surface area (Å²) >= 11 is 4.58. The minimum atomic E-state index is -1.27. The van der Waals surface area contributed by atoms with Crippen molar-refractivity contribution in [3.05, 3.63) is 51.2 Å². The Bertz CT molecular complexity index is 924. The van der Waals surface area contributed by atoms with E-state index in [0.717, 1.165) is 0 Å². The maximum absolute atomic E-state index is 12.7. The molecule has 182 valence electrons. The number of aliphatic hydroxyl groups excluding tert-OH is 1. The number of allylic oxidation sites excluding steroid dienone is 3. The number of amides is 1. The summed E-state index contributed by atoms with van der Waals surface area (Å²) in [4.78, 5) is 32.9. The summed E-state index contributed by atoms with van der Waals surface area (Å²) in [6, 6.07) is -0.780. The van der Waals surface area contributed by atoms with Crippen LogP contribution in [-0.4, -0.2) is 76.6 Å². The van der Waals surface area contributed by atoms with Crippen molar-refractivity contribution in [2.24, 2.45) is 0 Å². The van der Waals surface area contributed by atoms with E-state index in [1.54, 1.807) is 35.4 Å². The van der Waals surface area contributed by atoms with Crippen molar-refractivity contribution < 1.29 is 24.2 Å². The van der Waals surface area contributed by atoms with Crippen LogP contribution in [0, 0.1) is 0 Å². The Morgan fingerprint density at radius 2 is 2.12 bits per heavy atom. The second kappa shape index (κ2) is 11.9. The van der Waals surface area contributed by atoms with Crippen LogP contribution < -0.4 is 5.32 Å². The summed E-state index contributed by atoms with van der Waals surface area (Å²) < 4.78 is 11.3. The Morgan fingerprint density at radius 3 is 2.64 bits per heavy atom. The summed E-state index contributed by atoms with van der Waals surface area (Å²) in [5.41, 5.74) is 0.921. The van der Waals surface area contributed by atoms with E-state index in [4.69, 9.17) is 9.47 Å². The van der Waals surface area contributed by atoms with Crippen molar-refractivity contribution in [2.75, 3.05) is 26.7 Å². The lowest BCUT2D eigenvalue weighted by atomic mass is 10.1. The number of aliphatic hydroxyl groups is 1. The molecule has 0 saturated carbocycles. The van der Waals surface area contributed by atoms with Crippen molar-refractivity contribution in [1.82, 2.24) is 20.1 Å². The standard InChI is InChI=1S/C22H31BrN4O5S/c1-7-9-16(14(8-2)24-18(28)15-13-33-20(23)25-15)26-10-11-27(17(12-26)19(29)31-6)21(30)32-22(3,4)5/h7-9,13,17,21,30H,1,10-12H2,2-6H3,(H,24,28)/b14-8+,16-9+/t17-,21?/m0/s1. The average molecular weight is 543 g/mol. The van der Waals surface area contributed by atoms with Crippen molar-refractivity contribution in [3.63, 3.8) is 0 Å². The predicted molar refractivity (Wildman–Crippen MR) is 130 cm³/mol. The van der Waals surface area contributed by atoms with E-state index in [1.165, 1.54) is 18.4 Å². The molecule has 1 aromatic heterocycles. The Balaban J connectivity index is 2.26. The van der Waals surface area contributed by atoms with Gasteiger partial charge >= 0.3 is 5.97 Å². The first-order valence-corrected chi connectivity index (χ1v) is 12.0. The predicted octanol–water partition coefficient (Wildman–Crippen LogP) is 2.86. The number of hydrogen-bond acceptors (Lipinski definition) is 9. The summed E-state index contributed by atoms with van der Waals surface area (Å²) in [5, 5.41) is 15.2. The molecule has 33 heavy (non-hydrogen) atoms. The van der Waals surface area contributed by atoms with Gasteiger partial charge in [-0.15, -0.1) is 11.3 Å². The quantitative estimate of drug-likeness (QED) is 0.293. The van der Waals surface area contributed by atoms with E-state index in [0.29, 0.717) is 34.1 Å². The lowest BCUT2D eigenvalue weighted by molar-refractivity contribution is -0.255. The number of halogens is 1. The number of carbonyl (C=O) groups excluding carboxylic acids is 2. The van der Waals surface area contributed by atoms with Crippen LogP contribution in [0.15, 0.2) is 45.5 Å². The van der Waals surface area contributed by atoms with E-state index in [1.807, 2.05) is 25.7 Å². The van der Waals surface area contributed by atoms with E-state index >= 15 is 0 Å². The Hall–Kier alpha value is -2.05. The van der Waals surface area contributed by atoms with Gasteiger partial charge in [-0.05, 0) is 49.7 Å². The Kier molecular flexibility index (Phi) is 9.80. The second-order valence-electron chi connectivity index (χ2n) is 8.21. The number of methoxy groups -OCH3 is 1. The fraction of sp³-hybridized carbons (Fsp3) is 0.500. The smallest absolute Gasteiger partial charge is 0.325 e. The van der Waals surface area contributed by atoms with Crippen LogP contribution in [0.25, 0.3) is 0 Å². The highest BCUT2D eigenvalue weighted by atomic mass is 79.9. The van der Waals surface area contributed by atoms with E-state index in [-0.39, 0.29) is 12.5 Å². The highest BCUT2D eigenvalue weighted by Crippen LogP contribution is 2.24. The number of piperazine rings is 1. The van der Waals surface area contributed by atoms with Gasteiger partial charge in [0.15, 0.2) is 3.92 Å². The monoisotopic (exact) mass is 542 g/mol. The number of carbonyl (C=O) groups is 2. The molecule has 2 atom stereocenters. The topological polar surface area (TPSA) is 104 Å². The molecule has 0 bridgehead atoms. The molecule has 9 nitrogen and oxygen atoms in total. The number of thiazole rings is 1. The van der Waals surface area contributed by atoms with Gasteiger partial charge in [0.2, 0.25) is 6.41 Å². The minimum absolute atomic E-state index is 0.215. The Labute approximate surface area is 206 Å². The van der Waals surface area contributed by atoms with Crippen LogP contribution >= 0.6 is 27.3 Å². The van der Waals surface area contributed by atoms with E-state index in [2.05, 4.69) is 32.8 Å². The van der Waals surface area contributed by atoms with Crippen LogP contribution in [-0.2, 0) is 14.3 Å². The highest BCUT2D eigenvalue weighted by molar-refractivity contribution is 9.11. The van der Waals surface area contributed by atoms with Gasteiger partial charge in [-0.2, -0.15) is 0 Å². The van der Waals surface area contributed by atoms with Crippen LogP contribution in [0.2, 0.25) is 0 Å². The SMILES string of the molecule is C=C/C=C(\C(=C/C)NC(=O)c1csc(Br)n1)N1CCN(C(O)OC(C)(C)C)[C@H](C(=O)OC)C1. The lowest BCUT2D eigenvalue weighted by Gasteiger charge is -2.44. The molecule has 0 spiro atoms. The van der Waals surface area contributed by atoms with Gasteiger partial charge in [0.05, 0.1) is 24.1 Å². The van der Waals surface area contributed by atoms with Crippen molar-refractivity contribution in [1.29, 1.82) is 0 Å². The number of nitrogens with one attached hydrogen (secondary N) is 1. The zero-order valence-corrected chi connectivity index (χ0v) is 21.9. The largest absolute Gasteiger partial charge is 0.468 e. The fourth-order valence-electron chi connectivity index (χ4n) is 3.31. The molecule has 1 aromatic rings. The molecule has 1 unspecified atom stereocenters. The summed E-state index contributed by atoms with van der Waals surface area (Å²) in [6.07, 6.45) is 3.87. The molecular formula is C22H31BrN4O5S. The van der Waals surface area contributed by atoms with Gasteiger partial charge < -0.3 is 24.8 Å². The van der Waals surface area contributed by atoms with Gasteiger partial charge in [0, 0.05) is 25.0 Å². The van der Waals surface area contributed by atoms with E-state index in [9.17, 15) is 14.7 Å². The average Bonchev–Trinajstić information content (AvgIpc) is 3.20. The third-order valence-corrected chi connectivity index (χ3v) is 6.14. The van der Waals surface area contributed by atoms with Gasteiger partial charge in [-0.25, -0.2) is 9.88 Å². The van der Waals surface area contributed by atoms with Crippen LogP contribution in [0.5, 0.6) is 0 Å². The maximum atomic E-state index is 12.7. The number of rotatable bonds is 8. The fourth-order valence-corrected chi connectivity index (χ4v) is 4.30. The van der Waals surface area contributed by atoms with Gasteiger partial charge in [-0.1, -0.05) is 18.7 Å². The minimum Gasteiger partial charge on any atom is -0.468 e. The van der Waals surface area contributed by atoms with Crippen LogP contribution in [0.4, 0.5) is 0 Å². The molecule has 11 heteroatoms. The lowest BCUT2D eigenvalue weighted by Crippen LogP contribution is -2.61. The van der Waals surface area contributed by atoms with Crippen LogP contribution in [0.1, 0.15) is 38.2 Å².